The van der Waals surface area contributed by atoms with Crippen molar-refractivity contribution in [2.75, 3.05) is 13.2 Å². The molecule has 0 aromatic heterocycles. The minimum absolute atomic E-state index is 0.216. The summed E-state index contributed by atoms with van der Waals surface area (Å²) in [5.74, 6) is 1.25. The molecule has 0 amide bonds. The minimum atomic E-state index is -0.873. The lowest BCUT2D eigenvalue weighted by molar-refractivity contribution is 0.0282. The quantitative estimate of drug-likeness (QED) is 0.808. The van der Waals surface area contributed by atoms with E-state index in [2.05, 4.69) is 19.2 Å². The predicted molar refractivity (Wildman–Crippen MR) is 79.8 cm³/mol. The summed E-state index contributed by atoms with van der Waals surface area (Å²) in [7, 11) is 0. The van der Waals surface area contributed by atoms with Gasteiger partial charge in [0.05, 0.1) is 10.6 Å². The Bertz CT molecular complexity index is 400. The van der Waals surface area contributed by atoms with E-state index in [0.717, 1.165) is 12.1 Å². The van der Waals surface area contributed by atoms with Crippen LogP contribution in [0.4, 0.5) is 0 Å². The highest BCUT2D eigenvalue weighted by molar-refractivity contribution is 6.32. The summed E-state index contributed by atoms with van der Waals surface area (Å²) < 4.78 is 5.67. The van der Waals surface area contributed by atoms with Gasteiger partial charge in [-0.05, 0) is 32.4 Å². The molecular formula is C15H24ClNO2. The molecule has 2 N–H and O–H groups in total. The van der Waals surface area contributed by atoms with Gasteiger partial charge < -0.3 is 15.2 Å². The van der Waals surface area contributed by atoms with Crippen LogP contribution in [0.5, 0.6) is 5.75 Å². The van der Waals surface area contributed by atoms with Crippen molar-refractivity contribution in [1.29, 1.82) is 0 Å². The Labute approximate surface area is 120 Å². The first-order valence-electron chi connectivity index (χ1n) is 6.63. The number of para-hydroxylation sites is 1. The Balaban J connectivity index is 2.72. The first kappa shape index (κ1) is 16.3. The Hall–Kier alpha value is -0.770. The molecule has 1 rings (SSSR count). The molecule has 0 spiro atoms. The van der Waals surface area contributed by atoms with Crippen LogP contribution < -0.4 is 10.1 Å². The maximum Gasteiger partial charge on any atom is 0.142 e. The molecular weight excluding hydrogens is 262 g/mol. The number of ether oxygens (including phenoxy) is 1. The lowest BCUT2D eigenvalue weighted by Crippen LogP contribution is -2.28. The van der Waals surface area contributed by atoms with Gasteiger partial charge >= 0.3 is 0 Å². The van der Waals surface area contributed by atoms with Gasteiger partial charge in [0.2, 0.25) is 0 Å². The van der Waals surface area contributed by atoms with Crippen molar-refractivity contribution in [3.63, 3.8) is 0 Å². The molecule has 0 aliphatic heterocycles. The molecule has 0 radical (unpaired) electrons. The van der Waals surface area contributed by atoms with Gasteiger partial charge in [0.15, 0.2) is 0 Å². The third-order valence-electron chi connectivity index (χ3n) is 2.49. The first-order chi connectivity index (χ1) is 8.79. The second-order valence-corrected chi connectivity index (χ2v) is 6.26. The van der Waals surface area contributed by atoms with Crippen LogP contribution in [0.2, 0.25) is 5.02 Å². The van der Waals surface area contributed by atoms with E-state index in [9.17, 15) is 5.11 Å². The average Bonchev–Trinajstić information content (AvgIpc) is 2.26. The minimum Gasteiger partial charge on any atom is -0.489 e. The van der Waals surface area contributed by atoms with Gasteiger partial charge in [-0.25, -0.2) is 0 Å². The van der Waals surface area contributed by atoms with Gasteiger partial charge in [-0.2, -0.15) is 0 Å². The molecule has 0 atom stereocenters. The smallest absolute Gasteiger partial charge is 0.142 e. The maximum absolute atomic E-state index is 9.73. The van der Waals surface area contributed by atoms with Gasteiger partial charge in [-0.3, -0.25) is 0 Å². The second-order valence-electron chi connectivity index (χ2n) is 5.85. The van der Waals surface area contributed by atoms with Gasteiger partial charge in [0.1, 0.15) is 12.4 Å². The number of nitrogens with one attached hydrogen (secondary N) is 1. The summed E-state index contributed by atoms with van der Waals surface area (Å²) in [6.07, 6.45) is 0. The van der Waals surface area contributed by atoms with E-state index in [1.165, 1.54) is 0 Å². The molecule has 0 aliphatic rings. The second kappa shape index (κ2) is 7.13. The van der Waals surface area contributed by atoms with Crippen LogP contribution >= 0.6 is 11.6 Å². The fourth-order valence-corrected chi connectivity index (χ4v) is 1.85. The van der Waals surface area contributed by atoms with Gasteiger partial charge in [0.25, 0.3) is 0 Å². The number of rotatable bonds is 7. The Morgan fingerprint density at radius 3 is 2.63 bits per heavy atom. The number of benzene rings is 1. The zero-order chi connectivity index (χ0) is 14.5. The van der Waals surface area contributed by atoms with Crippen LogP contribution in [0.15, 0.2) is 18.2 Å². The van der Waals surface area contributed by atoms with E-state index >= 15 is 0 Å². The molecule has 19 heavy (non-hydrogen) atoms. The highest BCUT2D eigenvalue weighted by atomic mass is 35.5. The normalized spacial score (nSPS) is 11.9. The molecule has 0 unspecified atom stereocenters. The van der Waals surface area contributed by atoms with Crippen LogP contribution in [-0.4, -0.2) is 23.9 Å². The SMILES string of the molecule is CC(C)CNCc1cccc(Cl)c1OCC(C)(C)O. The van der Waals surface area contributed by atoms with Crippen molar-refractivity contribution in [3.8, 4) is 5.75 Å². The molecule has 0 heterocycles. The molecule has 108 valence electrons. The molecule has 0 aliphatic carbocycles. The molecule has 0 saturated carbocycles. The van der Waals surface area contributed by atoms with Gasteiger partial charge in [0, 0.05) is 12.1 Å². The van der Waals surface area contributed by atoms with E-state index in [-0.39, 0.29) is 6.61 Å². The number of halogens is 1. The molecule has 1 aromatic rings. The molecule has 0 bridgehead atoms. The average molecular weight is 286 g/mol. The topological polar surface area (TPSA) is 41.5 Å². The number of hydrogen-bond acceptors (Lipinski definition) is 3. The number of aliphatic hydroxyl groups is 1. The fourth-order valence-electron chi connectivity index (χ4n) is 1.60. The van der Waals surface area contributed by atoms with Crippen molar-refractivity contribution in [1.82, 2.24) is 5.32 Å². The summed E-state index contributed by atoms with van der Waals surface area (Å²) in [6.45, 7) is 9.61. The zero-order valence-corrected chi connectivity index (χ0v) is 12.9. The van der Waals surface area contributed by atoms with Crippen molar-refractivity contribution in [2.45, 2.75) is 39.8 Å². The van der Waals surface area contributed by atoms with Crippen LogP contribution in [0.3, 0.4) is 0 Å². The Morgan fingerprint density at radius 2 is 2.05 bits per heavy atom. The van der Waals surface area contributed by atoms with Crippen LogP contribution in [-0.2, 0) is 6.54 Å². The summed E-state index contributed by atoms with van der Waals surface area (Å²) in [5, 5.41) is 13.7. The lowest BCUT2D eigenvalue weighted by atomic mass is 10.1. The highest BCUT2D eigenvalue weighted by Gasteiger charge is 2.16. The third-order valence-corrected chi connectivity index (χ3v) is 2.78. The predicted octanol–water partition coefficient (Wildman–Crippen LogP) is 3.24. The fraction of sp³-hybridized carbons (Fsp3) is 0.600. The maximum atomic E-state index is 9.73. The molecule has 4 heteroatoms. The van der Waals surface area contributed by atoms with E-state index in [4.69, 9.17) is 16.3 Å². The molecule has 0 fully saturated rings. The van der Waals surface area contributed by atoms with Crippen LogP contribution in [0.25, 0.3) is 0 Å². The van der Waals surface area contributed by atoms with Crippen molar-refractivity contribution in [2.24, 2.45) is 5.92 Å². The first-order valence-corrected chi connectivity index (χ1v) is 7.00. The zero-order valence-electron chi connectivity index (χ0n) is 12.2. The summed E-state index contributed by atoms with van der Waals surface area (Å²) in [4.78, 5) is 0. The van der Waals surface area contributed by atoms with Gasteiger partial charge in [-0.15, -0.1) is 0 Å². The van der Waals surface area contributed by atoms with Crippen molar-refractivity contribution in [3.05, 3.63) is 28.8 Å². The molecule has 3 nitrogen and oxygen atoms in total. The standard InChI is InChI=1S/C15H24ClNO2/c1-11(2)8-17-9-12-6-5-7-13(16)14(12)19-10-15(3,4)18/h5-7,11,17-18H,8-10H2,1-4H3. The molecule has 0 saturated heterocycles. The van der Waals surface area contributed by atoms with Crippen LogP contribution in [0.1, 0.15) is 33.3 Å². The summed E-state index contributed by atoms with van der Waals surface area (Å²) >= 11 is 6.17. The van der Waals surface area contributed by atoms with Crippen LogP contribution in [0, 0.1) is 5.92 Å². The summed E-state index contributed by atoms with van der Waals surface area (Å²) in [6, 6.07) is 5.69. The van der Waals surface area contributed by atoms with E-state index < -0.39 is 5.60 Å². The lowest BCUT2D eigenvalue weighted by Gasteiger charge is -2.20. The number of hydrogen-bond donors (Lipinski definition) is 2. The van der Waals surface area contributed by atoms with Crippen molar-refractivity contribution < 1.29 is 9.84 Å². The monoisotopic (exact) mass is 285 g/mol. The third kappa shape index (κ3) is 6.28. The largest absolute Gasteiger partial charge is 0.489 e. The Morgan fingerprint density at radius 1 is 1.37 bits per heavy atom. The van der Waals surface area contributed by atoms with E-state index in [1.54, 1.807) is 19.9 Å². The summed E-state index contributed by atoms with van der Waals surface area (Å²) in [5.41, 5.74) is 0.138. The molecule has 1 aromatic carbocycles. The van der Waals surface area contributed by atoms with E-state index in [0.29, 0.717) is 23.2 Å². The van der Waals surface area contributed by atoms with Gasteiger partial charge in [-0.1, -0.05) is 37.6 Å². The Kier molecular flexibility index (Phi) is 6.11. The van der Waals surface area contributed by atoms with E-state index in [1.807, 2.05) is 12.1 Å². The highest BCUT2D eigenvalue weighted by Crippen LogP contribution is 2.29. The van der Waals surface area contributed by atoms with Crippen molar-refractivity contribution >= 4 is 11.6 Å².